The Bertz CT molecular complexity index is 1170. The van der Waals surface area contributed by atoms with Gasteiger partial charge in [-0.3, -0.25) is 9.59 Å². The Morgan fingerprint density at radius 2 is 1.83 bits per heavy atom. The number of hydrogen-bond donors (Lipinski definition) is 1. The number of benzene rings is 1. The number of hydrogen-bond acceptors (Lipinski definition) is 4. The SMILES string of the molecule is COc1ccc2c3c(n(C)c2c1)[C@@H](CO)N(C(=O)C1CCCC1)CC31CCN(C(=O)CC2CC2)CC1. The molecule has 0 radical (unpaired) electrons. The van der Waals surface area contributed by atoms with Crippen LogP contribution in [0.15, 0.2) is 18.2 Å². The molecule has 7 heteroatoms. The fourth-order valence-electron chi connectivity index (χ4n) is 7.29. The summed E-state index contributed by atoms with van der Waals surface area (Å²) >= 11 is 0. The quantitative estimate of drug-likeness (QED) is 0.685. The van der Waals surface area contributed by atoms with Gasteiger partial charge in [0.2, 0.25) is 11.8 Å². The van der Waals surface area contributed by atoms with E-state index in [0.717, 1.165) is 68.6 Å². The van der Waals surface area contributed by atoms with Gasteiger partial charge in [0.1, 0.15) is 5.75 Å². The number of aryl methyl sites for hydroxylation is 1. The predicted octanol–water partition coefficient (Wildman–Crippen LogP) is 3.91. The number of aliphatic hydroxyl groups excluding tert-OH is 1. The molecule has 1 aromatic heterocycles. The molecule has 2 aliphatic heterocycles. The number of nitrogens with zero attached hydrogens (tertiary/aromatic N) is 3. The number of methoxy groups -OCH3 is 1. The van der Waals surface area contributed by atoms with Gasteiger partial charge in [0.05, 0.1) is 25.3 Å². The fraction of sp³-hybridized carbons (Fsp3) is 0.655. The molecule has 2 amide bonds. The Balaban J connectivity index is 1.42. The van der Waals surface area contributed by atoms with Gasteiger partial charge in [0.15, 0.2) is 0 Å². The Morgan fingerprint density at radius 1 is 1.11 bits per heavy atom. The molecule has 1 saturated heterocycles. The van der Waals surface area contributed by atoms with Crippen LogP contribution in [0, 0.1) is 11.8 Å². The molecule has 1 aromatic carbocycles. The van der Waals surface area contributed by atoms with Crippen LogP contribution < -0.4 is 4.74 Å². The second-order valence-electron chi connectivity index (χ2n) is 11.7. The van der Waals surface area contributed by atoms with Gasteiger partial charge in [0, 0.05) is 61.6 Å². The molecule has 6 rings (SSSR count). The van der Waals surface area contributed by atoms with Crippen molar-refractivity contribution in [1.82, 2.24) is 14.4 Å². The van der Waals surface area contributed by atoms with Crippen molar-refractivity contribution in [3.05, 3.63) is 29.5 Å². The molecule has 2 aliphatic carbocycles. The molecule has 0 bridgehead atoms. The molecular formula is C29H39N3O4. The number of rotatable bonds is 5. The van der Waals surface area contributed by atoms with Gasteiger partial charge in [0.25, 0.3) is 0 Å². The minimum absolute atomic E-state index is 0.0626. The molecule has 0 unspecified atom stereocenters. The smallest absolute Gasteiger partial charge is 0.226 e. The second-order valence-corrected chi connectivity index (χ2v) is 11.7. The van der Waals surface area contributed by atoms with E-state index in [1.807, 2.05) is 11.0 Å². The maximum Gasteiger partial charge on any atom is 0.226 e. The van der Waals surface area contributed by atoms with Crippen molar-refractivity contribution in [2.24, 2.45) is 18.9 Å². The highest BCUT2D eigenvalue weighted by Crippen LogP contribution is 2.51. The minimum Gasteiger partial charge on any atom is -0.497 e. The zero-order valence-electron chi connectivity index (χ0n) is 21.7. The summed E-state index contributed by atoms with van der Waals surface area (Å²) in [5.41, 5.74) is 3.17. The summed E-state index contributed by atoms with van der Waals surface area (Å²) in [5, 5.41) is 11.8. The largest absolute Gasteiger partial charge is 0.497 e. The molecule has 36 heavy (non-hydrogen) atoms. The first kappa shape index (κ1) is 23.8. The maximum absolute atomic E-state index is 13.9. The minimum atomic E-state index is -0.350. The molecule has 1 atom stereocenters. The number of ether oxygens (including phenoxy) is 1. The summed E-state index contributed by atoms with van der Waals surface area (Å²) in [5.74, 6) is 1.94. The van der Waals surface area contributed by atoms with E-state index in [2.05, 4.69) is 28.6 Å². The molecule has 4 aliphatic rings. The molecule has 7 nitrogen and oxygen atoms in total. The Hall–Kier alpha value is -2.54. The topological polar surface area (TPSA) is 75.0 Å². The number of aromatic nitrogens is 1. The van der Waals surface area contributed by atoms with Crippen molar-refractivity contribution >= 4 is 22.7 Å². The van der Waals surface area contributed by atoms with Gasteiger partial charge in [-0.2, -0.15) is 0 Å². The summed E-state index contributed by atoms with van der Waals surface area (Å²) < 4.78 is 7.71. The highest BCUT2D eigenvalue weighted by Gasteiger charge is 2.50. The molecule has 194 valence electrons. The van der Waals surface area contributed by atoms with E-state index < -0.39 is 0 Å². The zero-order valence-corrected chi connectivity index (χ0v) is 21.7. The van der Waals surface area contributed by atoms with E-state index >= 15 is 0 Å². The van der Waals surface area contributed by atoms with Crippen molar-refractivity contribution in [2.75, 3.05) is 33.4 Å². The van der Waals surface area contributed by atoms with E-state index in [-0.39, 0.29) is 35.8 Å². The van der Waals surface area contributed by atoms with Gasteiger partial charge < -0.3 is 24.2 Å². The predicted molar refractivity (Wildman–Crippen MR) is 138 cm³/mol. The highest BCUT2D eigenvalue weighted by molar-refractivity contribution is 5.90. The lowest BCUT2D eigenvalue weighted by Crippen LogP contribution is -2.56. The second kappa shape index (κ2) is 9.09. The monoisotopic (exact) mass is 493 g/mol. The van der Waals surface area contributed by atoms with Crippen LogP contribution in [-0.4, -0.2) is 64.6 Å². The number of likely N-dealkylation sites (tertiary alicyclic amines) is 1. The molecule has 3 heterocycles. The third-order valence-corrected chi connectivity index (χ3v) is 9.54. The van der Waals surface area contributed by atoms with Gasteiger partial charge >= 0.3 is 0 Å². The number of piperidine rings is 1. The van der Waals surface area contributed by atoms with E-state index in [0.29, 0.717) is 18.9 Å². The average Bonchev–Trinajstić information content (AvgIpc) is 3.44. The summed E-state index contributed by atoms with van der Waals surface area (Å²) in [7, 11) is 3.73. The number of carbonyl (C=O) groups excluding carboxylic acids is 2. The van der Waals surface area contributed by atoms with Crippen LogP contribution >= 0.6 is 0 Å². The van der Waals surface area contributed by atoms with Crippen LogP contribution in [0.1, 0.15) is 75.1 Å². The molecule has 1 spiro atoms. The molecule has 2 saturated carbocycles. The summed E-state index contributed by atoms with van der Waals surface area (Å²) in [6.45, 7) is 1.99. The number of carbonyl (C=O) groups is 2. The van der Waals surface area contributed by atoms with Crippen molar-refractivity contribution in [3.63, 3.8) is 0 Å². The van der Waals surface area contributed by atoms with Crippen LogP contribution in [0.5, 0.6) is 5.75 Å². The van der Waals surface area contributed by atoms with Crippen molar-refractivity contribution < 1.29 is 19.4 Å². The summed E-state index contributed by atoms with van der Waals surface area (Å²) in [4.78, 5) is 30.8. The number of amides is 2. The lowest BCUT2D eigenvalue weighted by Gasteiger charge is -2.51. The van der Waals surface area contributed by atoms with Crippen LogP contribution in [0.4, 0.5) is 0 Å². The fourth-order valence-corrected chi connectivity index (χ4v) is 7.29. The van der Waals surface area contributed by atoms with Gasteiger partial charge in [-0.15, -0.1) is 0 Å². The van der Waals surface area contributed by atoms with Crippen LogP contribution in [0.3, 0.4) is 0 Å². The maximum atomic E-state index is 13.9. The van der Waals surface area contributed by atoms with E-state index in [1.165, 1.54) is 23.8 Å². The van der Waals surface area contributed by atoms with Crippen molar-refractivity contribution in [2.45, 2.75) is 69.2 Å². The van der Waals surface area contributed by atoms with Gasteiger partial charge in [-0.05, 0) is 62.1 Å². The molecule has 2 aromatic rings. The first-order valence-corrected chi connectivity index (χ1v) is 13.8. The standard InChI is InChI=1S/C29H39N3O4/c1-30-23-16-21(36-2)9-10-22(23)26-27(30)24(17-33)32(28(35)20-5-3-4-6-20)18-29(26)11-13-31(14-12-29)25(34)15-19-7-8-19/h9-10,16,19-20,24,33H,3-8,11-15,17-18H2,1-2H3/t24-/m1/s1. The average molecular weight is 494 g/mol. The Labute approximate surface area is 213 Å². The Kier molecular flexibility index (Phi) is 6.02. The third kappa shape index (κ3) is 3.82. The number of aliphatic hydroxyl groups is 1. The van der Waals surface area contributed by atoms with E-state index in [1.54, 1.807) is 7.11 Å². The van der Waals surface area contributed by atoms with E-state index in [4.69, 9.17) is 4.74 Å². The molecule has 1 N–H and O–H groups in total. The van der Waals surface area contributed by atoms with Crippen molar-refractivity contribution in [1.29, 1.82) is 0 Å². The summed E-state index contributed by atoms with van der Waals surface area (Å²) in [6, 6.07) is 5.86. The van der Waals surface area contributed by atoms with Crippen LogP contribution in [-0.2, 0) is 22.1 Å². The van der Waals surface area contributed by atoms with Crippen LogP contribution in [0.2, 0.25) is 0 Å². The summed E-state index contributed by atoms with van der Waals surface area (Å²) in [6.07, 6.45) is 8.85. The van der Waals surface area contributed by atoms with Crippen molar-refractivity contribution in [3.8, 4) is 5.75 Å². The lowest BCUT2D eigenvalue weighted by atomic mass is 9.68. The normalized spacial score (nSPS) is 23.9. The van der Waals surface area contributed by atoms with Crippen LogP contribution in [0.25, 0.3) is 10.9 Å². The third-order valence-electron chi connectivity index (χ3n) is 9.54. The highest BCUT2D eigenvalue weighted by atomic mass is 16.5. The molecule has 3 fully saturated rings. The van der Waals surface area contributed by atoms with E-state index in [9.17, 15) is 14.7 Å². The Morgan fingerprint density at radius 3 is 2.47 bits per heavy atom. The number of fused-ring (bicyclic) bond motifs is 4. The lowest BCUT2D eigenvalue weighted by molar-refractivity contribution is -0.143. The van der Waals surface area contributed by atoms with Gasteiger partial charge in [-0.1, -0.05) is 12.8 Å². The zero-order chi connectivity index (χ0) is 25.0. The molecular weight excluding hydrogens is 454 g/mol. The first-order chi connectivity index (χ1) is 17.5. The van der Waals surface area contributed by atoms with Gasteiger partial charge in [-0.25, -0.2) is 0 Å². The first-order valence-electron chi connectivity index (χ1n) is 13.8.